The molecule has 1 fully saturated rings. The molecule has 6 nitrogen and oxygen atoms in total. The van der Waals surface area contributed by atoms with E-state index in [-0.39, 0.29) is 17.9 Å². The highest BCUT2D eigenvalue weighted by Gasteiger charge is 2.28. The number of nitrogens with zero attached hydrogens (tertiary/aromatic N) is 2. The van der Waals surface area contributed by atoms with E-state index >= 15 is 0 Å². The summed E-state index contributed by atoms with van der Waals surface area (Å²) in [7, 11) is 0. The van der Waals surface area contributed by atoms with Crippen LogP contribution in [0.4, 0.5) is 9.93 Å². The summed E-state index contributed by atoms with van der Waals surface area (Å²) in [6, 6.07) is -0.0843. The van der Waals surface area contributed by atoms with E-state index in [4.69, 9.17) is 0 Å². The monoisotopic (exact) mass is 320 g/mol. The predicted octanol–water partition coefficient (Wildman–Crippen LogP) is 2.14. The van der Waals surface area contributed by atoms with Crippen LogP contribution in [0.1, 0.15) is 29.8 Å². The second kappa shape index (κ2) is 6.48. The molecule has 1 aliphatic heterocycles. The van der Waals surface area contributed by atoms with E-state index in [0.717, 1.165) is 36.3 Å². The number of thiazole rings is 1. The van der Waals surface area contributed by atoms with Crippen LogP contribution < -0.4 is 10.6 Å². The molecule has 1 aromatic rings. The lowest BCUT2D eigenvalue weighted by molar-refractivity contribution is -0.122. The molecule has 7 heteroatoms. The number of aromatic nitrogens is 1. The van der Waals surface area contributed by atoms with E-state index in [0.29, 0.717) is 24.8 Å². The molecule has 22 heavy (non-hydrogen) atoms. The van der Waals surface area contributed by atoms with Gasteiger partial charge in [-0.05, 0) is 12.8 Å². The number of nitrogens with one attached hydrogen (secondary N) is 2. The van der Waals surface area contributed by atoms with E-state index < -0.39 is 0 Å². The van der Waals surface area contributed by atoms with Gasteiger partial charge in [-0.2, -0.15) is 0 Å². The average Bonchev–Trinajstić information content (AvgIpc) is 2.83. The van der Waals surface area contributed by atoms with Crippen LogP contribution in [0.25, 0.3) is 0 Å². The maximum Gasteiger partial charge on any atom is 0.317 e. The van der Waals surface area contributed by atoms with Gasteiger partial charge in [-0.15, -0.1) is 6.58 Å². The van der Waals surface area contributed by atoms with Gasteiger partial charge in [0.25, 0.3) is 0 Å². The number of amides is 3. The van der Waals surface area contributed by atoms with Crippen LogP contribution in [0, 0.1) is 5.92 Å². The van der Waals surface area contributed by atoms with Gasteiger partial charge < -0.3 is 15.5 Å². The molecule has 118 valence electrons. The Bertz CT molecular complexity index is 594. The Morgan fingerprint density at radius 3 is 2.95 bits per heavy atom. The summed E-state index contributed by atoms with van der Waals surface area (Å²) in [4.78, 5) is 31.3. The quantitative estimate of drug-likeness (QED) is 0.835. The van der Waals surface area contributed by atoms with Crippen molar-refractivity contribution in [2.24, 2.45) is 5.92 Å². The molecule has 1 saturated carbocycles. The van der Waals surface area contributed by atoms with Crippen LogP contribution in [-0.4, -0.2) is 34.9 Å². The van der Waals surface area contributed by atoms with Crippen LogP contribution in [0.15, 0.2) is 12.7 Å². The second-order valence-electron chi connectivity index (χ2n) is 5.65. The van der Waals surface area contributed by atoms with Crippen molar-refractivity contribution in [1.82, 2.24) is 15.2 Å². The fraction of sp³-hybridized carbons (Fsp3) is 0.533. The fourth-order valence-electron chi connectivity index (χ4n) is 2.57. The van der Waals surface area contributed by atoms with Gasteiger partial charge in [0.2, 0.25) is 5.91 Å². The van der Waals surface area contributed by atoms with Gasteiger partial charge in [0, 0.05) is 30.3 Å². The SMILES string of the molecule is C=CCNC(=O)N1CCc2nc(NC(=O)C3CCC3)sc2C1. The maximum absolute atomic E-state index is 12.0. The summed E-state index contributed by atoms with van der Waals surface area (Å²) in [5.41, 5.74) is 1.00. The first-order valence-corrected chi connectivity index (χ1v) is 8.42. The zero-order valence-corrected chi connectivity index (χ0v) is 13.2. The number of rotatable bonds is 4. The molecule has 1 aromatic heterocycles. The lowest BCUT2D eigenvalue weighted by Gasteiger charge is -2.25. The molecule has 0 bridgehead atoms. The number of hydrogen-bond acceptors (Lipinski definition) is 4. The lowest BCUT2D eigenvalue weighted by Crippen LogP contribution is -2.42. The summed E-state index contributed by atoms with van der Waals surface area (Å²) in [6.45, 7) is 5.25. The average molecular weight is 320 g/mol. The second-order valence-corrected chi connectivity index (χ2v) is 6.74. The molecule has 0 radical (unpaired) electrons. The maximum atomic E-state index is 12.0. The zero-order chi connectivity index (χ0) is 15.5. The molecule has 0 spiro atoms. The first kappa shape index (κ1) is 15.0. The van der Waals surface area contributed by atoms with Gasteiger partial charge in [-0.3, -0.25) is 4.79 Å². The minimum atomic E-state index is -0.0843. The van der Waals surface area contributed by atoms with Gasteiger partial charge in [-0.1, -0.05) is 23.8 Å². The molecule has 3 rings (SSSR count). The highest BCUT2D eigenvalue weighted by atomic mass is 32.1. The normalized spacial score (nSPS) is 17.4. The van der Waals surface area contributed by atoms with Gasteiger partial charge >= 0.3 is 6.03 Å². The fourth-order valence-corrected chi connectivity index (χ4v) is 3.60. The van der Waals surface area contributed by atoms with Crippen molar-refractivity contribution in [3.8, 4) is 0 Å². The number of urea groups is 1. The Morgan fingerprint density at radius 2 is 2.27 bits per heavy atom. The number of carbonyl (C=O) groups is 2. The van der Waals surface area contributed by atoms with Gasteiger partial charge in [0.15, 0.2) is 5.13 Å². The third-order valence-corrected chi connectivity index (χ3v) is 5.12. The van der Waals surface area contributed by atoms with Crippen molar-refractivity contribution < 1.29 is 9.59 Å². The Kier molecular flexibility index (Phi) is 4.42. The van der Waals surface area contributed by atoms with Crippen LogP contribution in [0.2, 0.25) is 0 Å². The smallest absolute Gasteiger partial charge is 0.317 e. The highest BCUT2D eigenvalue weighted by molar-refractivity contribution is 7.15. The molecule has 1 aliphatic carbocycles. The standard InChI is InChI=1S/C15H20N4O2S/c1-2-7-16-15(21)19-8-6-11-12(9-19)22-14(17-11)18-13(20)10-4-3-5-10/h2,10H,1,3-9H2,(H,16,21)(H,17,18,20). The molecule has 0 aromatic carbocycles. The van der Waals surface area contributed by atoms with Crippen LogP contribution in [0.5, 0.6) is 0 Å². The van der Waals surface area contributed by atoms with E-state index in [1.165, 1.54) is 11.3 Å². The molecular formula is C15H20N4O2S. The van der Waals surface area contributed by atoms with Crippen molar-refractivity contribution in [3.05, 3.63) is 23.2 Å². The van der Waals surface area contributed by atoms with E-state index in [1.807, 2.05) is 0 Å². The number of anilines is 1. The van der Waals surface area contributed by atoms with Crippen LogP contribution >= 0.6 is 11.3 Å². The largest absolute Gasteiger partial charge is 0.335 e. The lowest BCUT2D eigenvalue weighted by atomic mass is 9.85. The summed E-state index contributed by atoms with van der Waals surface area (Å²) < 4.78 is 0. The first-order chi connectivity index (χ1) is 10.7. The summed E-state index contributed by atoms with van der Waals surface area (Å²) >= 11 is 1.48. The Labute approximate surface area is 133 Å². The zero-order valence-electron chi connectivity index (χ0n) is 12.4. The summed E-state index contributed by atoms with van der Waals surface area (Å²) in [5.74, 6) is 0.236. The van der Waals surface area contributed by atoms with Gasteiger partial charge in [-0.25, -0.2) is 9.78 Å². The highest BCUT2D eigenvalue weighted by Crippen LogP contribution is 2.31. The number of hydrogen-bond donors (Lipinski definition) is 2. The minimum Gasteiger partial charge on any atom is -0.335 e. The molecule has 0 saturated heterocycles. The Balaban J connectivity index is 1.61. The third kappa shape index (κ3) is 3.14. The van der Waals surface area contributed by atoms with Crippen molar-refractivity contribution in [3.63, 3.8) is 0 Å². The van der Waals surface area contributed by atoms with Crippen molar-refractivity contribution in [1.29, 1.82) is 0 Å². The molecule has 0 atom stereocenters. The van der Waals surface area contributed by atoms with Crippen molar-refractivity contribution in [2.75, 3.05) is 18.4 Å². The molecule has 2 heterocycles. The Morgan fingerprint density at radius 1 is 1.45 bits per heavy atom. The molecular weight excluding hydrogens is 300 g/mol. The topological polar surface area (TPSA) is 74.3 Å². The van der Waals surface area contributed by atoms with E-state index in [2.05, 4.69) is 22.2 Å². The minimum absolute atomic E-state index is 0.0814. The molecule has 3 amide bonds. The number of carbonyl (C=O) groups excluding carboxylic acids is 2. The van der Waals surface area contributed by atoms with Crippen molar-refractivity contribution in [2.45, 2.75) is 32.2 Å². The first-order valence-electron chi connectivity index (χ1n) is 7.60. The number of fused-ring (bicyclic) bond motifs is 1. The van der Waals surface area contributed by atoms with Gasteiger partial charge in [0.1, 0.15) is 0 Å². The van der Waals surface area contributed by atoms with Crippen LogP contribution in [-0.2, 0) is 17.8 Å². The molecule has 2 N–H and O–H groups in total. The van der Waals surface area contributed by atoms with E-state index in [1.54, 1.807) is 11.0 Å². The van der Waals surface area contributed by atoms with Crippen molar-refractivity contribution >= 4 is 28.4 Å². The molecule has 0 unspecified atom stereocenters. The third-order valence-electron chi connectivity index (χ3n) is 4.12. The van der Waals surface area contributed by atoms with Gasteiger partial charge in [0.05, 0.1) is 12.2 Å². The Hall–Kier alpha value is -1.89. The predicted molar refractivity (Wildman–Crippen MR) is 85.8 cm³/mol. The van der Waals surface area contributed by atoms with Crippen LogP contribution in [0.3, 0.4) is 0 Å². The summed E-state index contributed by atoms with van der Waals surface area (Å²) in [6.07, 6.45) is 5.49. The molecule has 2 aliphatic rings. The van der Waals surface area contributed by atoms with E-state index in [9.17, 15) is 9.59 Å². The summed E-state index contributed by atoms with van der Waals surface area (Å²) in [5, 5.41) is 6.36.